The van der Waals surface area contributed by atoms with E-state index in [9.17, 15) is 0 Å². The predicted octanol–water partition coefficient (Wildman–Crippen LogP) is 3.74. The maximum Gasteiger partial charge on any atom is 0.0345 e. The lowest BCUT2D eigenvalue weighted by Crippen LogP contribution is -1.96. The Labute approximate surface area is 101 Å². The van der Waals surface area contributed by atoms with Crippen LogP contribution in [0.2, 0.25) is 0 Å². The molecule has 84 valence electrons. The average Bonchev–Trinajstić information content (AvgIpc) is 2.70. The van der Waals surface area contributed by atoms with E-state index in [4.69, 9.17) is 5.73 Å². The molecule has 0 aliphatic carbocycles. The van der Waals surface area contributed by atoms with Crippen molar-refractivity contribution in [3.8, 4) is 0 Å². The van der Waals surface area contributed by atoms with E-state index in [2.05, 4.69) is 42.6 Å². The Balaban J connectivity index is 2.21. The minimum absolute atomic E-state index is 0.738. The molecule has 0 radical (unpaired) electrons. The van der Waals surface area contributed by atoms with Gasteiger partial charge < -0.3 is 5.73 Å². The zero-order valence-corrected chi connectivity index (χ0v) is 10.4. The lowest BCUT2D eigenvalue weighted by atomic mass is 10.0. The molecule has 0 spiro atoms. The molecular formula is C14H17NS. The standard InChI is InChI=1S/C14H17NS/c1-11(5-4-8-15)9-12-10-16-14-7-3-2-6-13(12)14/h2-3,5-7,10H,4,8-9,15H2,1H3. The lowest BCUT2D eigenvalue weighted by Gasteiger charge is -2.00. The molecule has 0 unspecified atom stereocenters. The van der Waals surface area contributed by atoms with Crippen LogP contribution in [0.3, 0.4) is 0 Å². The number of fused-ring (bicyclic) bond motifs is 1. The summed E-state index contributed by atoms with van der Waals surface area (Å²) < 4.78 is 1.38. The average molecular weight is 231 g/mol. The summed E-state index contributed by atoms with van der Waals surface area (Å²) >= 11 is 1.83. The zero-order chi connectivity index (χ0) is 11.4. The molecule has 0 fully saturated rings. The Morgan fingerprint density at radius 3 is 3.00 bits per heavy atom. The third-order valence-corrected chi connectivity index (χ3v) is 3.70. The summed E-state index contributed by atoms with van der Waals surface area (Å²) in [7, 11) is 0. The van der Waals surface area contributed by atoms with Crippen LogP contribution in [0.4, 0.5) is 0 Å². The van der Waals surface area contributed by atoms with Crippen molar-refractivity contribution in [2.75, 3.05) is 6.54 Å². The van der Waals surface area contributed by atoms with Crippen molar-refractivity contribution in [2.45, 2.75) is 19.8 Å². The molecule has 0 aliphatic rings. The summed E-state index contributed by atoms with van der Waals surface area (Å²) in [5, 5.41) is 3.66. The SMILES string of the molecule is CC(=CCCN)Cc1csc2ccccc12. The number of allylic oxidation sites excluding steroid dienone is 1. The first kappa shape index (κ1) is 11.4. The van der Waals surface area contributed by atoms with E-state index >= 15 is 0 Å². The highest BCUT2D eigenvalue weighted by molar-refractivity contribution is 7.17. The fourth-order valence-electron chi connectivity index (χ4n) is 1.87. The lowest BCUT2D eigenvalue weighted by molar-refractivity contribution is 0.983. The Bertz CT molecular complexity index is 496. The molecule has 2 rings (SSSR count). The maximum absolute atomic E-state index is 5.50. The second kappa shape index (κ2) is 5.28. The second-order valence-electron chi connectivity index (χ2n) is 4.06. The number of benzene rings is 1. The molecule has 1 heterocycles. The van der Waals surface area contributed by atoms with Crippen LogP contribution in [0.15, 0.2) is 41.3 Å². The largest absolute Gasteiger partial charge is 0.330 e. The third kappa shape index (κ3) is 2.52. The minimum atomic E-state index is 0.738. The third-order valence-electron chi connectivity index (χ3n) is 2.69. The number of hydrogen-bond acceptors (Lipinski definition) is 2. The van der Waals surface area contributed by atoms with Gasteiger partial charge in [-0.3, -0.25) is 0 Å². The van der Waals surface area contributed by atoms with Gasteiger partial charge in [0.15, 0.2) is 0 Å². The van der Waals surface area contributed by atoms with E-state index in [0.717, 1.165) is 19.4 Å². The highest BCUT2D eigenvalue weighted by Gasteiger charge is 2.03. The van der Waals surface area contributed by atoms with Gasteiger partial charge in [0.2, 0.25) is 0 Å². The van der Waals surface area contributed by atoms with Crippen molar-refractivity contribution in [2.24, 2.45) is 5.73 Å². The summed E-state index contributed by atoms with van der Waals surface area (Å²) in [4.78, 5) is 0. The van der Waals surface area contributed by atoms with E-state index in [1.807, 2.05) is 11.3 Å². The first-order valence-electron chi connectivity index (χ1n) is 5.62. The highest BCUT2D eigenvalue weighted by atomic mass is 32.1. The van der Waals surface area contributed by atoms with Crippen LogP contribution >= 0.6 is 11.3 Å². The zero-order valence-electron chi connectivity index (χ0n) is 9.57. The van der Waals surface area contributed by atoms with Gasteiger partial charge in [-0.2, -0.15) is 0 Å². The second-order valence-corrected chi connectivity index (χ2v) is 4.97. The first-order chi connectivity index (χ1) is 7.81. The van der Waals surface area contributed by atoms with E-state index in [0.29, 0.717) is 0 Å². The van der Waals surface area contributed by atoms with Crippen LogP contribution in [0.25, 0.3) is 10.1 Å². The van der Waals surface area contributed by atoms with Crippen molar-refractivity contribution < 1.29 is 0 Å². The molecule has 0 amide bonds. The maximum atomic E-state index is 5.50. The van der Waals surface area contributed by atoms with E-state index in [1.165, 1.54) is 21.2 Å². The molecule has 0 atom stereocenters. The number of rotatable bonds is 4. The van der Waals surface area contributed by atoms with E-state index in [-0.39, 0.29) is 0 Å². The quantitative estimate of drug-likeness (QED) is 0.797. The molecule has 16 heavy (non-hydrogen) atoms. The van der Waals surface area contributed by atoms with Gasteiger partial charge in [-0.1, -0.05) is 29.8 Å². The molecule has 2 N–H and O–H groups in total. The van der Waals surface area contributed by atoms with Crippen LogP contribution in [0.1, 0.15) is 18.9 Å². The van der Waals surface area contributed by atoms with Crippen molar-refractivity contribution in [3.63, 3.8) is 0 Å². The molecule has 0 saturated carbocycles. The first-order valence-corrected chi connectivity index (χ1v) is 6.50. The summed E-state index contributed by atoms with van der Waals surface area (Å²) in [5.74, 6) is 0. The molecule has 0 saturated heterocycles. The van der Waals surface area contributed by atoms with Gasteiger partial charge in [-0.15, -0.1) is 11.3 Å². The molecule has 2 heteroatoms. The van der Waals surface area contributed by atoms with Crippen molar-refractivity contribution in [1.82, 2.24) is 0 Å². The minimum Gasteiger partial charge on any atom is -0.330 e. The van der Waals surface area contributed by atoms with E-state index in [1.54, 1.807) is 0 Å². The van der Waals surface area contributed by atoms with Gasteiger partial charge in [0.25, 0.3) is 0 Å². The summed E-state index contributed by atoms with van der Waals surface area (Å²) in [6.07, 6.45) is 4.27. The topological polar surface area (TPSA) is 26.0 Å². The molecular weight excluding hydrogens is 214 g/mol. The van der Waals surface area contributed by atoms with Gasteiger partial charge in [0, 0.05) is 4.70 Å². The fourth-order valence-corrected chi connectivity index (χ4v) is 2.83. The van der Waals surface area contributed by atoms with E-state index < -0.39 is 0 Å². The van der Waals surface area contributed by atoms with Crippen LogP contribution in [0, 0.1) is 0 Å². The van der Waals surface area contributed by atoms with Gasteiger partial charge in [0.05, 0.1) is 0 Å². The summed E-state index contributed by atoms with van der Waals surface area (Å²) in [6.45, 7) is 2.92. The van der Waals surface area contributed by atoms with Gasteiger partial charge in [-0.05, 0) is 48.7 Å². The Morgan fingerprint density at radius 1 is 1.38 bits per heavy atom. The van der Waals surface area contributed by atoms with Crippen LogP contribution < -0.4 is 5.73 Å². The Hall–Kier alpha value is -1.12. The number of nitrogens with two attached hydrogens (primary N) is 1. The predicted molar refractivity (Wildman–Crippen MR) is 73.0 cm³/mol. The molecule has 2 aromatic rings. The van der Waals surface area contributed by atoms with Crippen molar-refractivity contribution in [3.05, 3.63) is 46.9 Å². The Morgan fingerprint density at radius 2 is 2.19 bits per heavy atom. The number of thiophene rings is 1. The molecule has 1 aromatic carbocycles. The smallest absolute Gasteiger partial charge is 0.0345 e. The normalized spacial score (nSPS) is 12.2. The van der Waals surface area contributed by atoms with Crippen LogP contribution in [-0.4, -0.2) is 6.54 Å². The molecule has 0 aliphatic heterocycles. The van der Waals surface area contributed by atoms with Gasteiger partial charge in [0.1, 0.15) is 0 Å². The van der Waals surface area contributed by atoms with Crippen LogP contribution in [-0.2, 0) is 6.42 Å². The fraction of sp³-hybridized carbons (Fsp3) is 0.286. The van der Waals surface area contributed by atoms with Gasteiger partial charge in [-0.25, -0.2) is 0 Å². The van der Waals surface area contributed by atoms with Crippen molar-refractivity contribution >= 4 is 21.4 Å². The van der Waals surface area contributed by atoms with Gasteiger partial charge >= 0.3 is 0 Å². The monoisotopic (exact) mass is 231 g/mol. The molecule has 1 aromatic heterocycles. The van der Waals surface area contributed by atoms with Crippen molar-refractivity contribution in [1.29, 1.82) is 0 Å². The molecule has 1 nitrogen and oxygen atoms in total. The van der Waals surface area contributed by atoms with Crippen LogP contribution in [0.5, 0.6) is 0 Å². The number of hydrogen-bond donors (Lipinski definition) is 1. The summed E-state index contributed by atoms with van der Waals surface area (Å²) in [5.41, 5.74) is 8.35. The Kier molecular flexibility index (Phi) is 3.75. The molecule has 0 bridgehead atoms. The summed E-state index contributed by atoms with van der Waals surface area (Å²) in [6, 6.07) is 8.59. The highest BCUT2D eigenvalue weighted by Crippen LogP contribution is 2.27.